The second-order valence-corrected chi connectivity index (χ2v) is 6.82. The van der Waals surface area contributed by atoms with Gasteiger partial charge in [-0.25, -0.2) is 0 Å². The van der Waals surface area contributed by atoms with Crippen LogP contribution in [0.3, 0.4) is 0 Å². The average molecular weight is 257 g/mol. The van der Waals surface area contributed by atoms with Gasteiger partial charge in [0, 0.05) is 12.2 Å². The molecule has 0 saturated heterocycles. The highest BCUT2D eigenvalue weighted by molar-refractivity contribution is 5.59. The lowest BCUT2D eigenvalue weighted by Crippen LogP contribution is -2.23. The summed E-state index contributed by atoms with van der Waals surface area (Å²) in [6.07, 6.45) is 8.10. The molecule has 1 aliphatic carbocycles. The summed E-state index contributed by atoms with van der Waals surface area (Å²) in [6.45, 7) is 6.02. The molecule has 3 rings (SSSR count). The van der Waals surface area contributed by atoms with Crippen LogP contribution in [0.4, 0.5) is 5.69 Å². The van der Waals surface area contributed by atoms with Crippen LogP contribution in [0.1, 0.15) is 50.7 Å². The van der Waals surface area contributed by atoms with Gasteiger partial charge in [-0.05, 0) is 61.0 Å². The fourth-order valence-electron chi connectivity index (χ4n) is 3.91. The predicted octanol–water partition coefficient (Wildman–Crippen LogP) is 4.66. The number of hydrogen-bond acceptors (Lipinski definition) is 1. The third-order valence-corrected chi connectivity index (χ3v) is 5.38. The maximum Gasteiger partial charge on any atom is 0.0405 e. The zero-order valence-corrected chi connectivity index (χ0v) is 12.4. The minimum absolute atomic E-state index is 0.904. The molecule has 0 spiro atoms. The van der Waals surface area contributed by atoms with Crippen LogP contribution < -0.4 is 5.32 Å². The zero-order valence-electron chi connectivity index (χ0n) is 12.4. The summed E-state index contributed by atoms with van der Waals surface area (Å²) in [5.74, 6) is 2.74. The van der Waals surface area contributed by atoms with Gasteiger partial charge in [0.25, 0.3) is 0 Å². The Morgan fingerprint density at radius 3 is 2.89 bits per heavy atom. The molecule has 1 aliphatic heterocycles. The fourth-order valence-corrected chi connectivity index (χ4v) is 3.91. The molecule has 1 N–H and O–H groups in total. The van der Waals surface area contributed by atoms with E-state index in [2.05, 4.69) is 37.4 Å². The molecule has 1 heterocycles. The summed E-state index contributed by atoms with van der Waals surface area (Å²) in [6, 6.07) is 6.91. The molecular weight excluding hydrogens is 230 g/mol. The maximum atomic E-state index is 3.64. The Balaban J connectivity index is 1.73. The lowest BCUT2D eigenvalue weighted by atomic mass is 9.73. The fraction of sp³-hybridized carbons (Fsp3) is 0.667. The Hall–Kier alpha value is -0.980. The van der Waals surface area contributed by atoms with E-state index >= 15 is 0 Å². The highest BCUT2D eigenvalue weighted by atomic mass is 14.9. The number of nitrogens with one attached hydrogen (secondary N) is 1. The third-order valence-electron chi connectivity index (χ3n) is 5.38. The van der Waals surface area contributed by atoms with Gasteiger partial charge in [-0.2, -0.15) is 0 Å². The molecule has 3 atom stereocenters. The van der Waals surface area contributed by atoms with Gasteiger partial charge in [-0.1, -0.05) is 38.5 Å². The van der Waals surface area contributed by atoms with Crippen molar-refractivity contribution < 1.29 is 0 Å². The summed E-state index contributed by atoms with van der Waals surface area (Å²) in [5.41, 5.74) is 4.59. The molecule has 1 saturated carbocycles. The average Bonchev–Trinajstić information content (AvgIpc) is 2.43. The van der Waals surface area contributed by atoms with Crippen molar-refractivity contribution in [3.63, 3.8) is 0 Å². The van der Waals surface area contributed by atoms with E-state index in [0.717, 1.165) is 24.3 Å². The molecule has 19 heavy (non-hydrogen) atoms. The number of benzene rings is 1. The Kier molecular flexibility index (Phi) is 3.81. The summed E-state index contributed by atoms with van der Waals surface area (Å²) >= 11 is 0. The van der Waals surface area contributed by atoms with E-state index in [9.17, 15) is 0 Å². The third kappa shape index (κ3) is 2.80. The second-order valence-electron chi connectivity index (χ2n) is 6.82. The number of fused-ring (bicyclic) bond motifs is 1. The molecule has 104 valence electrons. The van der Waals surface area contributed by atoms with Crippen molar-refractivity contribution in [3.05, 3.63) is 29.3 Å². The molecule has 0 radical (unpaired) electrons. The van der Waals surface area contributed by atoms with Crippen LogP contribution in [-0.2, 0) is 12.8 Å². The predicted molar refractivity (Wildman–Crippen MR) is 82.6 cm³/mol. The van der Waals surface area contributed by atoms with E-state index < -0.39 is 0 Å². The topological polar surface area (TPSA) is 12.0 Å². The van der Waals surface area contributed by atoms with E-state index in [4.69, 9.17) is 0 Å². The van der Waals surface area contributed by atoms with E-state index in [1.54, 1.807) is 11.1 Å². The number of para-hydroxylation sites is 1. The first-order chi connectivity index (χ1) is 9.24. The van der Waals surface area contributed by atoms with Crippen LogP contribution in [0.5, 0.6) is 0 Å². The smallest absolute Gasteiger partial charge is 0.0405 e. The van der Waals surface area contributed by atoms with Gasteiger partial charge < -0.3 is 5.32 Å². The quantitative estimate of drug-likeness (QED) is 0.812. The number of aryl methyl sites for hydroxylation is 1. The van der Waals surface area contributed by atoms with Gasteiger partial charge >= 0.3 is 0 Å². The molecular formula is C18H27N. The van der Waals surface area contributed by atoms with Crippen molar-refractivity contribution in [2.75, 3.05) is 11.9 Å². The van der Waals surface area contributed by atoms with Gasteiger partial charge in [0.2, 0.25) is 0 Å². The van der Waals surface area contributed by atoms with Crippen LogP contribution >= 0.6 is 0 Å². The van der Waals surface area contributed by atoms with Gasteiger partial charge in [-0.3, -0.25) is 0 Å². The number of rotatable bonds is 2. The highest BCUT2D eigenvalue weighted by Crippen LogP contribution is 2.37. The molecule has 1 fully saturated rings. The van der Waals surface area contributed by atoms with Crippen molar-refractivity contribution in [3.8, 4) is 0 Å². The lowest BCUT2D eigenvalue weighted by Gasteiger charge is -2.33. The number of anilines is 1. The van der Waals surface area contributed by atoms with Crippen LogP contribution in [0, 0.1) is 17.8 Å². The van der Waals surface area contributed by atoms with E-state index in [1.807, 2.05) is 0 Å². The van der Waals surface area contributed by atoms with Gasteiger partial charge in [-0.15, -0.1) is 0 Å². The van der Waals surface area contributed by atoms with Crippen LogP contribution in [0.2, 0.25) is 0 Å². The van der Waals surface area contributed by atoms with Crippen LogP contribution in [-0.4, -0.2) is 6.54 Å². The summed E-state index contributed by atoms with van der Waals surface area (Å²) in [4.78, 5) is 0. The first-order valence-corrected chi connectivity index (χ1v) is 8.08. The first kappa shape index (κ1) is 13.0. The van der Waals surface area contributed by atoms with E-state index in [1.165, 1.54) is 44.2 Å². The molecule has 1 heteroatoms. The summed E-state index contributed by atoms with van der Waals surface area (Å²) in [7, 11) is 0. The zero-order chi connectivity index (χ0) is 13.2. The number of hydrogen-bond donors (Lipinski definition) is 1. The van der Waals surface area contributed by atoms with E-state index in [-0.39, 0.29) is 0 Å². The van der Waals surface area contributed by atoms with Gasteiger partial charge in [0.05, 0.1) is 0 Å². The first-order valence-electron chi connectivity index (χ1n) is 8.08. The van der Waals surface area contributed by atoms with Crippen molar-refractivity contribution >= 4 is 5.69 Å². The highest BCUT2D eigenvalue weighted by Gasteiger charge is 2.25. The van der Waals surface area contributed by atoms with Crippen LogP contribution in [0.25, 0.3) is 0 Å². The molecule has 1 aromatic rings. The molecule has 3 unspecified atom stereocenters. The second kappa shape index (κ2) is 5.56. The standard InChI is InChI=1S/C18H27N/c1-13-8-9-15(11-14(13)2)12-17-6-3-5-16-7-4-10-19-18(16)17/h3,5-6,13-15,19H,4,7-12H2,1-2H3. The van der Waals surface area contributed by atoms with Gasteiger partial charge in [0.1, 0.15) is 0 Å². The molecule has 1 nitrogen and oxygen atoms in total. The molecule has 0 aromatic heterocycles. The minimum Gasteiger partial charge on any atom is -0.385 e. The molecule has 0 amide bonds. The molecule has 0 bridgehead atoms. The van der Waals surface area contributed by atoms with Crippen molar-refractivity contribution in [2.45, 2.75) is 52.4 Å². The Bertz CT molecular complexity index is 437. The Labute approximate surface area is 117 Å². The maximum absolute atomic E-state index is 3.64. The molecule has 1 aromatic carbocycles. The van der Waals surface area contributed by atoms with Crippen molar-refractivity contribution in [2.24, 2.45) is 17.8 Å². The van der Waals surface area contributed by atoms with Gasteiger partial charge in [0.15, 0.2) is 0 Å². The largest absolute Gasteiger partial charge is 0.385 e. The minimum atomic E-state index is 0.904. The van der Waals surface area contributed by atoms with Crippen molar-refractivity contribution in [1.82, 2.24) is 0 Å². The Morgan fingerprint density at radius 2 is 2.05 bits per heavy atom. The van der Waals surface area contributed by atoms with Crippen molar-refractivity contribution in [1.29, 1.82) is 0 Å². The molecule has 2 aliphatic rings. The monoisotopic (exact) mass is 257 g/mol. The SMILES string of the molecule is CC1CCC(Cc2cccc3c2NCCC3)CC1C. The van der Waals surface area contributed by atoms with E-state index in [0.29, 0.717) is 0 Å². The summed E-state index contributed by atoms with van der Waals surface area (Å²) in [5, 5.41) is 3.64. The summed E-state index contributed by atoms with van der Waals surface area (Å²) < 4.78 is 0. The van der Waals surface area contributed by atoms with Crippen LogP contribution in [0.15, 0.2) is 18.2 Å². The normalized spacial score (nSPS) is 30.5. The lowest BCUT2D eigenvalue weighted by molar-refractivity contribution is 0.208. The Morgan fingerprint density at radius 1 is 1.16 bits per heavy atom.